The molecular formula is C21H20ClN5O. The quantitative estimate of drug-likeness (QED) is 0.527. The number of para-hydroxylation sites is 3. The van der Waals surface area contributed by atoms with Crippen molar-refractivity contribution in [2.45, 2.75) is 26.8 Å². The molecule has 1 amide bonds. The van der Waals surface area contributed by atoms with E-state index in [-0.39, 0.29) is 11.1 Å². The number of fused-ring (bicyclic) bond motifs is 1. The number of imidazole rings is 1. The Bertz CT molecular complexity index is 1150. The second-order valence-electron chi connectivity index (χ2n) is 6.53. The third kappa shape index (κ3) is 3.16. The molecule has 0 unspecified atom stereocenters. The molecule has 28 heavy (non-hydrogen) atoms. The number of carbonyl (C=O) groups is 1. The Morgan fingerprint density at radius 2 is 1.82 bits per heavy atom. The van der Waals surface area contributed by atoms with Crippen LogP contribution in [0.5, 0.6) is 0 Å². The molecule has 0 aliphatic rings. The van der Waals surface area contributed by atoms with Crippen LogP contribution in [0.15, 0.2) is 54.6 Å². The second-order valence-corrected chi connectivity index (χ2v) is 6.89. The molecule has 0 radical (unpaired) electrons. The highest BCUT2D eigenvalue weighted by molar-refractivity contribution is 6.34. The number of hydrogen-bond acceptors (Lipinski definition) is 3. The number of anilines is 1. The van der Waals surface area contributed by atoms with E-state index in [0.29, 0.717) is 17.2 Å². The van der Waals surface area contributed by atoms with Gasteiger partial charge in [0, 0.05) is 6.54 Å². The largest absolute Gasteiger partial charge is 0.310 e. The van der Waals surface area contributed by atoms with Crippen LogP contribution < -0.4 is 5.32 Å². The van der Waals surface area contributed by atoms with E-state index in [2.05, 4.69) is 22.3 Å². The standard InChI is InChI=1S/C21H20ClN5O/c1-3-13-26-17-12-8-7-11-16(17)23-21(26)24-20(28)18-14(2)25-27(19(18)22)15-9-5-4-6-10-15/h4-12H,3,13H2,1-2H3,(H,23,24,28). The Balaban J connectivity index is 1.71. The molecule has 4 rings (SSSR count). The average molecular weight is 394 g/mol. The highest BCUT2D eigenvalue weighted by Crippen LogP contribution is 2.26. The summed E-state index contributed by atoms with van der Waals surface area (Å²) >= 11 is 6.52. The van der Waals surface area contributed by atoms with Gasteiger partial charge in [-0.05, 0) is 37.6 Å². The lowest BCUT2D eigenvalue weighted by molar-refractivity contribution is 0.102. The number of rotatable bonds is 5. The lowest BCUT2D eigenvalue weighted by atomic mass is 10.2. The highest BCUT2D eigenvalue weighted by atomic mass is 35.5. The van der Waals surface area contributed by atoms with Crippen LogP contribution >= 0.6 is 11.6 Å². The monoisotopic (exact) mass is 393 g/mol. The number of aromatic nitrogens is 4. The minimum Gasteiger partial charge on any atom is -0.310 e. The van der Waals surface area contributed by atoms with Gasteiger partial charge in [0.25, 0.3) is 5.91 Å². The molecule has 142 valence electrons. The van der Waals surface area contributed by atoms with Gasteiger partial charge in [-0.25, -0.2) is 9.67 Å². The fraction of sp³-hybridized carbons (Fsp3) is 0.190. The maximum atomic E-state index is 13.0. The summed E-state index contributed by atoms with van der Waals surface area (Å²) in [7, 11) is 0. The molecule has 2 aromatic carbocycles. The average Bonchev–Trinajstić information content (AvgIpc) is 3.19. The van der Waals surface area contributed by atoms with E-state index >= 15 is 0 Å². The van der Waals surface area contributed by atoms with Crippen molar-refractivity contribution in [2.75, 3.05) is 5.32 Å². The molecule has 2 aromatic heterocycles. The van der Waals surface area contributed by atoms with Gasteiger partial charge in [0.2, 0.25) is 5.95 Å². The summed E-state index contributed by atoms with van der Waals surface area (Å²) in [5.74, 6) is 0.188. The number of halogens is 1. The summed E-state index contributed by atoms with van der Waals surface area (Å²) in [5, 5.41) is 7.64. The second kappa shape index (κ2) is 7.48. The Morgan fingerprint density at radius 1 is 1.11 bits per heavy atom. The van der Waals surface area contributed by atoms with Crippen LogP contribution in [0, 0.1) is 6.92 Å². The maximum absolute atomic E-state index is 13.0. The SMILES string of the molecule is CCCn1c(NC(=O)c2c(C)nn(-c3ccccc3)c2Cl)nc2ccccc21. The number of carbonyl (C=O) groups excluding carboxylic acids is 1. The van der Waals surface area contributed by atoms with Crippen molar-refractivity contribution in [3.63, 3.8) is 0 Å². The Labute approximate surface area is 167 Å². The fourth-order valence-corrected chi connectivity index (χ4v) is 3.64. The van der Waals surface area contributed by atoms with Crippen molar-refractivity contribution in [3.8, 4) is 5.69 Å². The molecule has 0 spiro atoms. The first kappa shape index (κ1) is 18.3. The molecule has 0 saturated carbocycles. The number of nitrogens with zero attached hydrogens (tertiary/aromatic N) is 4. The number of aryl methyl sites for hydroxylation is 2. The summed E-state index contributed by atoms with van der Waals surface area (Å²) in [5.41, 5.74) is 3.54. The number of benzene rings is 2. The molecule has 0 aliphatic carbocycles. The van der Waals surface area contributed by atoms with Crippen LogP contribution in [0.1, 0.15) is 29.4 Å². The van der Waals surface area contributed by atoms with E-state index in [1.165, 1.54) is 0 Å². The van der Waals surface area contributed by atoms with E-state index in [1.807, 2.05) is 59.2 Å². The van der Waals surface area contributed by atoms with Gasteiger partial charge in [0.15, 0.2) is 0 Å². The Hall–Kier alpha value is -3.12. The van der Waals surface area contributed by atoms with Crippen molar-refractivity contribution in [1.82, 2.24) is 19.3 Å². The van der Waals surface area contributed by atoms with E-state index in [1.54, 1.807) is 11.6 Å². The smallest absolute Gasteiger partial charge is 0.263 e. The predicted octanol–water partition coefficient (Wildman–Crippen LogP) is 4.85. The van der Waals surface area contributed by atoms with Crippen LogP contribution in [-0.4, -0.2) is 25.2 Å². The molecule has 0 fully saturated rings. The van der Waals surface area contributed by atoms with E-state index in [0.717, 1.165) is 29.7 Å². The normalized spacial score (nSPS) is 11.1. The van der Waals surface area contributed by atoms with E-state index in [9.17, 15) is 4.79 Å². The minimum atomic E-state index is -0.322. The first-order valence-corrected chi connectivity index (χ1v) is 9.55. The molecule has 7 heteroatoms. The lowest BCUT2D eigenvalue weighted by Gasteiger charge is -2.09. The van der Waals surface area contributed by atoms with Crippen molar-refractivity contribution < 1.29 is 4.79 Å². The van der Waals surface area contributed by atoms with Gasteiger partial charge in [-0.1, -0.05) is 48.9 Å². The first-order chi connectivity index (χ1) is 13.6. The molecule has 0 bridgehead atoms. The number of nitrogens with one attached hydrogen (secondary N) is 1. The molecule has 0 saturated heterocycles. The summed E-state index contributed by atoms with van der Waals surface area (Å²) < 4.78 is 3.58. The maximum Gasteiger partial charge on any atom is 0.263 e. The molecule has 1 N–H and O–H groups in total. The summed E-state index contributed by atoms with van der Waals surface area (Å²) in [4.78, 5) is 17.6. The first-order valence-electron chi connectivity index (χ1n) is 9.17. The van der Waals surface area contributed by atoms with Gasteiger partial charge in [-0.15, -0.1) is 0 Å². The lowest BCUT2D eigenvalue weighted by Crippen LogP contribution is -2.17. The van der Waals surface area contributed by atoms with Gasteiger partial charge in [-0.3, -0.25) is 10.1 Å². The van der Waals surface area contributed by atoms with Crippen LogP contribution in [0.3, 0.4) is 0 Å². The van der Waals surface area contributed by atoms with Crippen LogP contribution in [0.2, 0.25) is 5.15 Å². The zero-order valence-corrected chi connectivity index (χ0v) is 16.4. The van der Waals surface area contributed by atoms with E-state index < -0.39 is 0 Å². The van der Waals surface area contributed by atoms with Crippen molar-refractivity contribution >= 4 is 34.5 Å². The van der Waals surface area contributed by atoms with E-state index in [4.69, 9.17) is 11.6 Å². The van der Waals surface area contributed by atoms with Crippen molar-refractivity contribution in [2.24, 2.45) is 0 Å². The summed E-state index contributed by atoms with van der Waals surface area (Å²) in [6.45, 7) is 4.62. The van der Waals surface area contributed by atoms with Gasteiger partial charge in [-0.2, -0.15) is 5.10 Å². The Kier molecular flexibility index (Phi) is 4.88. The van der Waals surface area contributed by atoms with Gasteiger partial charge in [0.1, 0.15) is 10.7 Å². The summed E-state index contributed by atoms with van der Waals surface area (Å²) in [6, 6.07) is 17.3. The molecule has 6 nitrogen and oxygen atoms in total. The van der Waals surface area contributed by atoms with Crippen molar-refractivity contribution in [3.05, 3.63) is 71.0 Å². The van der Waals surface area contributed by atoms with Gasteiger partial charge in [0.05, 0.1) is 22.4 Å². The highest BCUT2D eigenvalue weighted by Gasteiger charge is 2.23. The van der Waals surface area contributed by atoms with Gasteiger partial charge >= 0.3 is 0 Å². The summed E-state index contributed by atoms with van der Waals surface area (Å²) in [6.07, 6.45) is 0.926. The Morgan fingerprint density at radius 3 is 2.57 bits per heavy atom. The molecule has 2 heterocycles. The fourth-order valence-electron chi connectivity index (χ4n) is 3.28. The predicted molar refractivity (Wildman–Crippen MR) is 111 cm³/mol. The third-order valence-corrected chi connectivity index (χ3v) is 4.91. The van der Waals surface area contributed by atoms with Crippen LogP contribution in [-0.2, 0) is 6.54 Å². The van der Waals surface area contributed by atoms with Crippen LogP contribution in [0.25, 0.3) is 16.7 Å². The van der Waals surface area contributed by atoms with Crippen LogP contribution in [0.4, 0.5) is 5.95 Å². The number of hydrogen-bond donors (Lipinski definition) is 1. The zero-order chi connectivity index (χ0) is 19.7. The molecular weight excluding hydrogens is 374 g/mol. The minimum absolute atomic E-state index is 0.277. The molecule has 0 atom stereocenters. The molecule has 4 aromatic rings. The third-order valence-electron chi connectivity index (χ3n) is 4.56. The zero-order valence-electron chi connectivity index (χ0n) is 15.7. The van der Waals surface area contributed by atoms with Crippen molar-refractivity contribution in [1.29, 1.82) is 0 Å². The van der Waals surface area contributed by atoms with Gasteiger partial charge < -0.3 is 4.57 Å². The number of amides is 1. The topological polar surface area (TPSA) is 64.7 Å². The molecule has 0 aliphatic heterocycles.